The number of carbonyl (C=O) groups excluding carboxylic acids is 1. The number of fused-ring (bicyclic) bond motifs is 1. The summed E-state index contributed by atoms with van der Waals surface area (Å²) < 4.78 is 6.25. The maximum atomic E-state index is 12.5. The highest BCUT2D eigenvalue weighted by molar-refractivity contribution is 5.84. The van der Waals surface area contributed by atoms with Gasteiger partial charge in [0.05, 0.1) is 18.1 Å². The van der Waals surface area contributed by atoms with Crippen molar-refractivity contribution in [2.75, 3.05) is 26.2 Å². The number of carbonyl (C=O) groups is 1. The molecule has 4 rings (SSSR count). The molecule has 2 fully saturated rings. The minimum Gasteiger partial charge on any atom is -0.490 e. The molecular weight excluding hydrogens is 340 g/mol. The van der Waals surface area contributed by atoms with Gasteiger partial charge in [-0.25, -0.2) is 0 Å². The van der Waals surface area contributed by atoms with Gasteiger partial charge in [-0.15, -0.1) is 0 Å². The van der Waals surface area contributed by atoms with Crippen LogP contribution in [0.2, 0.25) is 0 Å². The number of rotatable bonds is 4. The number of nitriles is 1. The number of likely N-dealkylation sites (tertiary alicyclic amines) is 2. The first-order chi connectivity index (χ1) is 13.2. The lowest BCUT2D eigenvalue weighted by molar-refractivity contribution is -0.132. The van der Waals surface area contributed by atoms with E-state index >= 15 is 0 Å². The fraction of sp³-hybridized carbons (Fsp3) is 0.476. The molecule has 1 atom stereocenters. The Balaban J connectivity index is 1.31. The topological polar surface area (TPSA) is 69.5 Å². The van der Waals surface area contributed by atoms with E-state index in [0.717, 1.165) is 55.4 Å². The van der Waals surface area contributed by atoms with E-state index in [9.17, 15) is 4.79 Å². The Morgan fingerprint density at radius 2 is 2.00 bits per heavy atom. The summed E-state index contributed by atoms with van der Waals surface area (Å²) in [4.78, 5) is 20.8. The zero-order valence-corrected chi connectivity index (χ0v) is 15.4. The van der Waals surface area contributed by atoms with Gasteiger partial charge in [0.15, 0.2) is 0 Å². The van der Waals surface area contributed by atoms with Gasteiger partial charge in [0.25, 0.3) is 0 Å². The lowest BCUT2D eigenvalue weighted by Gasteiger charge is -2.33. The second-order valence-corrected chi connectivity index (χ2v) is 7.29. The lowest BCUT2D eigenvalue weighted by atomic mass is 10.1. The summed E-state index contributed by atoms with van der Waals surface area (Å²) in [6, 6.07) is 11.9. The van der Waals surface area contributed by atoms with Crippen LogP contribution in [0.5, 0.6) is 5.75 Å². The third-order valence-electron chi connectivity index (χ3n) is 5.52. The molecule has 2 saturated heterocycles. The van der Waals surface area contributed by atoms with E-state index in [4.69, 9.17) is 10.00 Å². The van der Waals surface area contributed by atoms with Gasteiger partial charge in [-0.2, -0.15) is 5.26 Å². The van der Waals surface area contributed by atoms with Crippen molar-refractivity contribution in [3.8, 4) is 11.8 Å². The molecule has 0 spiro atoms. The standard InChI is InChI=1S/C21H24N4O2/c22-14-16-4-3-11-25(16)21(26)15-24-12-8-17(9-13-24)27-20-7-10-23-19-6-2-1-5-18(19)20/h1-2,5-7,10,16-17H,3-4,8-9,11-13,15H2. The monoisotopic (exact) mass is 364 g/mol. The molecule has 0 radical (unpaired) electrons. The van der Waals surface area contributed by atoms with Crippen molar-refractivity contribution < 1.29 is 9.53 Å². The summed E-state index contributed by atoms with van der Waals surface area (Å²) in [6.07, 6.45) is 5.46. The molecule has 2 aliphatic heterocycles. The Morgan fingerprint density at radius 1 is 1.19 bits per heavy atom. The van der Waals surface area contributed by atoms with E-state index in [1.807, 2.05) is 30.3 Å². The highest BCUT2D eigenvalue weighted by atomic mass is 16.5. The Kier molecular flexibility index (Phi) is 5.21. The number of pyridine rings is 1. The quantitative estimate of drug-likeness (QED) is 0.834. The van der Waals surface area contributed by atoms with E-state index in [0.29, 0.717) is 13.1 Å². The molecule has 0 bridgehead atoms. The molecule has 1 aromatic heterocycles. The van der Waals surface area contributed by atoms with Crippen molar-refractivity contribution in [3.05, 3.63) is 36.5 Å². The summed E-state index contributed by atoms with van der Waals surface area (Å²) in [6.45, 7) is 2.80. The van der Waals surface area contributed by atoms with Crippen LogP contribution >= 0.6 is 0 Å². The van der Waals surface area contributed by atoms with E-state index < -0.39 is 0 Å². The number of ether oxygens (including phenoxy) is 1. The minimum atomic E-state index is -0.238. The second-order valence-electron chi connectivity index (χ2n) is 7.29. The van der Waals surface area contributed by atoms with Crippen LogP contribution in [0.25, 0.3) is 10.9 Å². The van der Waals surface area contributed by atoms with Crippen LogP contribution in [0, 0.1) is 11.3 Å². The Morgan fingerprint density at radius 3 is 2.81 bits per heavy atom. The predicted molar refractivity (Wildman–Crippen MR) is 102 cm³/mol. The van der Waals surface area contributed by atoms with Gasteiger partial charge in [-0.05, 0) is 43.9 Å². The molecule has 3 heterocycles. The fourth-order valence-electron chi connectivity index (χ4n) is 4.02. The average Bonchev–Trinajstić information content (AvgIpc) is 3.19. The van der Waals surface area contributed by atoms with E-state index in [1.54, 1.807) is 11.1 Å². The highest BCUT2D eigenvalue weighted by Gasteiger charge is 2.30. The summed E-state index contributed by atoms with van der Waals surface area (Å²) in [5.41, 5.74) is 0.940. The summed E-state index contributed by atoms with van der Waals surface area (Å²) >= 11 is 0. The number of amides is 1. The molecule has 0 saturated carbocycles. The maximum absolute atomic E-state index is 12.5. The van der Waals surface area contributed by atoms with Gasteiger partial charge in [0, 0.05) is 31.2 Å². The predicted octanol–water partition coefficient (Wildman–Crippen LogP) is 2.59. The van der Waals surface area contributed by atoms with Crippen LogP contribution in [0.4, 0.5) is 0 Å². The SMILES string of the molecule is N#CC1CCCN1C(=O)CN1CCC(Oc2ccnc3ccccc23)CC1. The molecule has 6 heteroatoms. The first kappa shape index (κ1) is 17.7. The van der Waals surface area contributed by atoms with Crippen LogP contribution < -0.4 is 4.74 Å². The van der Waals surface area contributed by atoms with E-state index in [-0.39, 0.29) is 18.1 Å². The number of piperidine rings is 1. The van der Waals surface area contributed by atoms with Gasteiger partial charge >= 0.3 is 0 Å². The maximum Gasteiger partial charge on any atom is 0.237 e. The lowest BCUT2D eigenvalue weighted by Crippen LogP contribution is -2.46. The minimum absolute atomic E-state index is 0.0820. The van der Waals surface area contributed by atoms with Crippen molar-refractivity contribution in [2.24, 2.45) is 0 Å². The fourth-order valence-corrected chi connectivity index (χ4v) is 4.02. The molecule has 140 valence electrons. The molecular formula is C21H24N4O2. The number of aromatic nitrogens is 1. The average molecular weight is 364 g/mol. The number of hydrogen-bond donors (Lipinski definition) is 0. The Hall–Kier alpha value is -2.65. The van der Waals surface area contributed by atoms with Gasteiger partial charge in [-0.1, -0.05) is 12.1 Å². The van der Waals surface area contributed by atoms with Crippen LogP contribution in [-0.4, -0.2) is 59.0 Å². The Bertz CT molecular complexity index is 849. The van der Waals surface area contributed by atoms with Crippen LogP contribution in [0.3, 0.4) is 0 Å². The van der Waals surface area contributed by atoms with Gasteiger partial charge in [-0.3, -0.25) is 14.7 Å². The zero-order valence-electron chi connectivity index (χ0n) is 15.4. The van der Waals surface area contributed by atoms with Crippen molar-refractivity contribution in [2.45, 2.75) is 37.8 Å². The molecule has 1 aromatic carbocycles. The molecule has 2 aromatic rings. The van der Waals surface area contributed by atoms with E-state index in [1.165, 1.54) is 0 Å². The van der Waals surface area contributed by atoms with Gasteiger partial charge in [0.1, 0.15) is 17.9 Å². The van der Waals surface area contributed by atoms with Crippen molar-refractivity contribution in [1.29, 1.82) is 5.26 Å². The molecule has 1 unspecified atom stereocenters. The van der Waals surface area contributed by atoms with Crippen molar-refractivity contribution in [1.82, 2.24) is 14.8 Å². The number of para-hydroxylation sites is 1. The van der Waals surface area contributed by atoms with Crippen molar-refractivity contribution >= 4 is 16.8 Å². The second kappa shape index (κ2) is 7.93. The van der Waals surface area contributed by atoms with E-state index in [2.05, 4.69) is 16.0 Å². The Labute approximate surface area is 159 Å². The highest BCUT2D eigenvalue weighted by Crippen LogP contribution is 2.27. The third-order valence-corrected chi connectivity index (χ3v) is 5.52. The van der Waals surface area contributed by atoms with Crippen LogP contribution in [0.15, 0.2) is 36.5 Å². The van der Waals surface area contributed by atoms with Crippen molar-refractivity contribution in [3.63, 3.8) is 0 Å². The third kappa shape index (κ3) is 3.88. The first-order valence-corrected chi connectivity index (χ1v) is 9.66. The van der Waals surface area contributed by atoms with Gasteiger partial charge < -0.3 is 9.64 Å². The zero-order chi connectivity index (χ0) is 18.6. The molecule has 6 nitrogen and oxygen atoms in total. The number of nitrogens with zero attached hydrogens (tertiary/aromatic N) is 4. The van der Waals surface area contributed by atoms with Gasteiger partial charge in [0.2, 0.25) is 5.91 Å². The summed E-state index contributed by atoms with van der Waals surface area (Å²) in [5, 5.41) is 10.2. The van der Waals surface area contributed by atoms with Crippen LogP contribution in [-0.2, 0) is 4.79 Å². The first-order valence-electron chi connectivity index (χ1n) is 9.66. The number of hydrogen-bond acceptors (Lipinski definition) is 5. The molecule has 0 N–H and O–H groups in total. The molecule has 2 aliphatic rings. The summed E-state index contributed by atoms with van der Waals surface area (Å²) in [5.74, 6) is 0.961. The smallest absolute Gasteiger partial charge is 0.237 e. The van der Waals surface area contributed by atoms with Crippen LogP contribution in [0.1, 0.15) is 25.7 Å². The molecule has 27 heavy (non-hydrogen) atoms. The largest absolute Gasteiger partial charge is 0.490 e. The number of benzene rings is 1. The summed E-state index contributed by atoms with van der Waals surface area (Å²) in [7, 11) is 0. The molecule has 0 aliphatic carbocycles. The molecule has 1 amide bonds. The normalized spacial score (nSPS) is 21.3.